The van der Waals surface area contributed by atoms with Crippen LogP contribution in [0.15, 0.2) is 36.7 Å². The van der Waals surface area contributed by atoms with Gasteiger partial charge in [-0.1, -0.05) is 30.3 Å². The smallest absolute Gasteiger partial charge is 0.410 e. The highest BCUT2D eigenvalue weighted by molar-refractivity contribution is 5.70. The SMILES string of the molecule is CC(C)(C)OC(=O)N1CCc2ncn(CC(=O)OCc3ccccc3)c2C1. The molecule has 2 heterocycles. The number of carbonyl (C=O) groups is 2. The van der Waals surface area contributed by atoms with Crippen LogP contribution in [0.5, 0.6) is 0 Å². The molecule has 0 atom stereocenters. The Balaban J connectivity index is 1.60. The largest absolute Gasteiger partial charge is 0.459 e. The van der Waals surface area contributed by atoms with E-state index in [1.165, 1.54) is 0 Å². The number of nitrogens with zero attached hydrogens (tertiary/aromatic N) is 3. The molecule has 1 aliphatic heterocycles. The van der Waals surface area contributed by atoms with E-state index in [0.717, 1.165) is 17.0 Å². The summed E-state index contributed by atoms with van der Waals surface area (Å²) in [7, 11) is 0. The number of benzene rings is 1. The number of esters is 1. The maximum atomic E-state index is 12.3. The topological polar surface area (TPSA) is 73.7 Å². The molecule has 1 aromatic carbocycles. The predicted molar refractivity (Wildman–Crippen MR) is 98.8 cm³/mol. The van der Waals surface area contributed by atoms with Gasteiger partial charge in [0.1, 0.15) is 18.8 Å². The first kappa shape index (κ1) is 18.9. The van der Waals surface area contributed by atoms with Crippen molar-refractivity contribution in [1.29, 1.82) is 0 Å². The number of hydrogen-bond donors (Lipinski definition) is 0. The minimum Gasteiger partial charge on any atom is -0.459 e. The first-order chi connectivity index (χ1) is 12.8. The Kier molecular flexibility index (Phi) is 5.48. The summed E-state index contributed by atoms with van der Waals surface area (Å²) in [6.45, 7) is 6.75. The molecular weight excluding hydrogens is 346 g/mol. The number of rotatable bonds is 4. The lowest BCUT2D eigenvalue weighted by atomic mass is 10.1. The lowest BCUT2D eigenvalue weighted by Crippen LogP contribution is -2.40. The molecule has 0 unspecified atom stereocenters. The fourth-order valence-corrected chi connectivity index (χ4v) is 2.88. The van der Waals surface area contributed by atoms with Crippen LogP contribution in [-0.2, 0) is 40.4 Å². The molecular formula is C20H25N3O4. The van der Waals surface area contributed by atoms with Crippen molar-refractivity contribution in [2.45, 2.75) is 52.5 Å². The Hall–Kier alpha value is -2.83. The third kappa shape index (κ3) is 5.09. The lowest BCUT2D eigenvalue weighted by Gasteiger charge is -2.30. The van der Waals surface area contributed by atoms with Crippen LogP contribution in [0.1, 0.15) is 37.7 Å². The van der Waals surface area contributed by atoms with Crippen LogP contribution in [0.2, 0.25) is 0 Å². The summed E-state index contributed by atoms with van der Waals surface area (Å²) >= 11 is 0. The highest BCUT2D eigenvalue weighted by atomic mass is 16.6. The molecule has 2 aromatic rings. The van der Waals surface area contributed by atoms with Crippen molar-refractivity contribution in [1.82, 2.24) is 14.5 Å². The molecule has 144 valence electrons. The van der Waals surface area contributed by atoms with E-state index < -0.39 is 5.60 Å². The van der Waals surface area contributed by atoms with Crippen molar-refractivity contribution in [3.63, 3.8) is 0 Å². The molecule has 0 spiro atoms. The molecule has 0 fully saturated rings. The molecule has 0 saturated heterocycles. The fourth-order valence-electron chi connectivity index (χ4n) is 2.88. The number of imidazole rings is 1. The van der Waals surface area contributed by atoms with Crippen molar-refractivity contribution in [3.8, 4) is 0 Å². The molecule has 7 heteroatoms. The Bertz CT molecular complexity index is 808. The highest BCUT2D eigenvalue weighted by Gasteiger charge is 2.28. The molecule has 0 saturated carbocycles. The van der Waals surface area contributed by atoms with Gasteiger partial charge in [0.05, 0.1) is 24.3 Å². The minimum atomic E-state index is -0.543. The average Bonchev–Trinajstić information content (AvgIpc) is 3.01. The number of amides is 1. The second-order valence-electron chi connectivity index (χ2n) is 7.56. The summed E-state index contributed by atoms with van der Waals surface area (Å²) in [6.07, 6.45) is 1.92. The first-order valence-corrected chi connectivity index (χ1v) is 9.02. The second-order valence-corrected chi connectivity index (χ2v) is 7.56. The normalized spacial score (nSPS) is 13.8. The van der Waals surface area contributed by atoms with Gasteiger partial charge in [0.2, 0.25) is 0 Å². The van der Waals surface area contributed by atoms with Gasteiger partial charge in [0.15, 0.2) is 0 Å². The molecule has 27 heavy (non-hydrogen) atoms. The van der Waals surface area contributed by atoms with Gasteiger partial charge in [-0.25, -0.2) is 9.78 Å². The Morgan fingerprint density at radius 2 is 1.93 bits per heavy atom. The van der Waals surface area contributed by atoms with E-state index in [1.54, 1.807) is 15.8 Å². The number of fused-ring (bicyclic) bond motifs is 1. The maximum absolute atomic E-state index is 12.3. The van der Waals surface area contributed by atoms with E-state index >= 15 is 0 Å². The van der Waals surface area contributed by atoms with Crippen LogP contribution >= 0.6 is 0 Å². The molecule has 1 amide bonds. The van der Waals surface area contributed by atoms with Crippen LogP contribution in [0.3, 0.4) is 0 Å². The van der Waals surface area contributed by atoms with Crippen molar-refractivity contribution in [3.05, 3.63) is 53.6 Å². The van der Waals surface area contributed by atoms with Gasteiger partial charge in [0, 0.05) is 13.0 Å². The number of hydrogen-bond acceptors (Lipinski definition) is 5. The molecule has 0 bridgehead atoms. The zero-order valence-corrected chi connectivity index (χ0v) is 16.0. The van der Waals surface area contributed by atoms with Gasteiger partial charge >= 0.3 is 12.1 Å². The molecule has 0 N–H and O–H groups in total. The van der Waals surface area contributed by atoms with Gasteiger partial charge in [-0.15, -0.1) is 0 Å². The van der Waals surface area contributed by atoms with Crippen LogP contribution in [0.25, 0.3) is 0 Å². The third-order valence-corrected chi connectivity index (χ3v) is 4.19. The summed E-state index contributed by atoms with van der Waals surface area (Å²) in [6, 6.07) is 9.54. The first-order valence-electron chi connectivity index (χ1n) is 9.02. The van der Waals surface area contributed by atoms with E-state index in [1.807, 2.05) is 51.1 Å². The van der Waals surface area contributed by atoms with Crippen LogP contribution in [-0.4, -0.2) is 38.7 Å². The second kappa shape index (κ2) is 7.82. The molecule has 0 aliphatic carbocycles. The van der Waals surface area contributed by atoms with Crippen molar-refractivity contribution in [2.24, 2.45) is 0 Å². The summed E-state index contributed by atoms with van der Waals surface area (Å²) in [4.78, 5) is 30.5. The number of carbonyl (C=O) groups excluding carboxylic acids is 2. The number of aromatic nitrogens is 2. The maximum Gasteiger partial charge on any atom is 0.410 e. The van der Waals surface area contributed by atoms with Gasteiger partial charge in [0.25, 0.3) is 0 Å². The third-order valence-electron chi connectivity index (χ3n) is 4.19. The van der Waals surface area contributed by atoms with Gasteiger partial charge in [-0.2, -0.15) is 0 Å². The monoisotopic (exact) mass is 371 g/mol. The standard InChI is InChI=1S/C20H25N3O4/c1-20(2,3)27-19(25)22-10-9-16-17(11-22)23(14-21-16)12-18(24)26-13-15-7-5-4-6-8-15/h4-8,14H,9-13H2,1-3H3. The Morgan fingerprint density at radius 1 is 1.19 bits per heavy atom. The number of ether oxygens (including phenoxy) is 2. The lowest BCUT2D eigenvalue weighted by molar-refractivity contribution is -0.145. The van der Waals surface area contributed by atoms with Crippen molar-refractivity contribution >= 4 is 12.1 Å². The molecule has 0 radical (unpaired) electrons. The van der Waals surface area contributed by atoms with E-state index in [4.69, 9.17) is 9.47 Å². The van der Waals surface area contributed by atoms with Crippen molar-refractivity contribution < 1.29 is 19.1 Å². The van der Waals surface area contributed by atoms with Gasteiger partial charge in [-0.05, 0) is 26.3 Å². The summed E-state index contributed by atoms with van der Waals surface area (Å²) in [5.74, 6) is -0.339. The van der Waals surface area contributed by atoms with Crippen LogP contribution < -0.4 is 0 Å². The minimum absolute atomic E-state index is 0.0668. The highest BCUT2D eigenvalue weighted by Crippen LogP contribution is 2.20. The quantitative estimate of drug-likeness (QED) is 0.773. The Morgan fingerprint density at radius 3 is 2.63 bits per heavy atom. The zero-order chi connectivity index (χ0) is 19.4. The summed E-state index contributed by atoms with van der Waals surface area (Å²) in [5.41, 5.74) is 2.16. The molecule has 1 aromatic heterocycles. The van der Waals surface area contributed by atoms with E-state index in [9.17, 15) is 9.59 Å². The molecule has 7 nitrogen and oxygen atoms in total. The zero-order valence-electron chi connectivity index (χ0n) is 16.0. The molecule has 3 rings (SSSR count). The summed E-state index contributed by atoms with van der Waals surface area (Å²) in [5, 5.41) is 0. The van der Waals surface area contributed by atoms with Gasteiger partial charge < -0.3 is 18.9 Å². The van der Waals surface area contributed by atoms with Crippen LogP contribution in [0, 0.1) is 0 Å². The van der Waals surface area contributed by atoms with Crippen LogP contribution in [0.4, 0.5) is 4.79 Å². The summed E-state index contributed by atoms with van der Waals surface area (Å²) < 4.78 is 12.5. The van der Waals surface area contributed by atoms with Gasteiger partial charge in [-0.3, -0.25) is 4.79 Å². The molecule has 1 aliphatic rings. The van der Waals surface area contributed by atoms with E-state index in [0.29, 0.717) is 19.5 Å². The van der Waals surface area contributed by atoms with E-state index in [2.05, 4.69) is 4.98 Å². The van der Waals surface area contributed by atoms with E-state index in [-0.39, 0.29) is 25.2 Å². The van der Waals surface area contributed by atoms with Crippen molar-refractivity contribution in [2.75, 3.05) is 6.54 Å². The fraction of sp³-hybridized carbons (Fsp3) is 0.450. The average molecular weight is 371 g/mol. The predicted octanol–water partition coefficient (Wildman–Crippen LogP) is 2.92. The Labute approximate surface area is 158 Å².